The van der Waals surface area contributed by atoms with Gasteiger partial charge in [0.2, 0.25) is 0 Å². The zero-order valence-corrected chi connectivity index (χ0v) is 4.97. The van der Waals surface area contributed by atoms with Crippen LogP contribution in [0.3, 0.4) is 0 Å². The first-order chi connectivity index (χ1) is 4.75. The smallest absolute Gasteiger partial charge is 0.374 e. The molecule has 0 spiro atoms. The molecule has 0 aliphatic carbocycles. The van der Waals surface area contributed by atoms with Gasteiger partial charge >= 0.3 is 8.05 Å². The predicted molar refractivity (Wildman–Crippen MR) is 32.7 cm³/mol. The van der Waals surface area contributed by atoms with E-state index in [4.69, 9.17) is 0 Å². The third-order valence-electron chi connectivity index (χ3n) is 1.04. The number of hydrogen-bond acceptors (Lipinski definition) is 1. The third-order valence-corrected chi connectivity index (χ3v) is 1.04. The largest absolute Gasteiger partial charge is 0.566 e. The monoisotopic (exact) mass is 140 g/mol. The lowest BCUT2D eigenvalue weighted by molar-refractivity contribution is 0.465. The van der Waals surface area contributed by atoms with Gasteiger partial charge in [-0.15, -0.1) is 0 Å². The Balaban J connectivity index is 3.14. The van der Waals surface area contributed by atoms with Crippen LogP contribution in [0.5, 0.6) is 5.75 Å². The molecule has 1 nitrogen and oxygen atoms in total. The fraction of sp³-hybridized carbons (Fsp3) is 0. The van der Waals surface area contributed by atoms with Crippen LogP contribution in [0.1, 0.15) is 0 Å². The maximum absolute atomic E-state index is 12.4. The molecular weight excluding hydrogens is 137 g/mol. The van der Waals surface area contributed by atoms with Gasteiger partial charge in [-0.25, -0.2) is 4.39 Å². The van der Waals surface area contributed by atoms with Gasteiger partial charge in [0.15, 0.2) is 11.6 Å². The van der Waals surface area contributed by atoms with Crippen LogP contribution < -0.4 is 4.65 Å². The van der Waals surface area contributed by atoms with E-state index in [1.165, 1.54) is 12.1 Å². The van der Waals surface area contributed by atoms with Crippen molar-refractivity contribution in [3.05, 3.63) is 29.8 Å². The summed E-state index contributed by atoms with van der Waals surface area (Å²) in [5, 5.41) is 0. The average Bonchev–Trinajstić information content (AvgIpc) is 1.95. The summed E-state index contributed by atoms with van der Waals surface area (Å²) in [5.41, 5.74) is 0. The van der Waals surface area contributed by atoms with Crippen molar-refractivity contribution < 1.29 is 13.4 Å². The van der Waals surface area contributed by atoms with Crippen molar-refractivity contribution in [2.45, 2.75) is 0 Å². The first kappa shape index (κ1) is 7.06. The first-order valence-corrected chi connectivity index (χ1v) is 2.56. The van der Waals surface area contributed by atoms with Crippen LogP contribution >= 0.6 is 0 Å². The molecule has 0 unspecified atom stereocenters. The van der Waals surface area contributed by atoms with E-state index in [0.717, 1.165) is 6.07 Å². The second-order valence-corrected chi connectivity index (χ2v) is 1.67. The summed E-state index contributed by atoms with van der Waals surface area (Å²) in [5.74, 6) is -2.33. The van der Waals surface area contributed by atoms with E-state index >= 15 is 0 Å². The standard InChI is InChI=1S/C6H3BF2O/c7-10-5-3-1-2-4(8)6(5)9/h1-3H. The lowest BCUT2D eigenvalue weighted by Crippen LogP contribution is -1.91. The molecule has 0 heterocycles. The highest BCUT2D eigenvalue weighted by Gasteiger charge is 2.05. The number of hydrogen-bond donors (Lipinski definition) is 0. The van der Waals surface area contributed by atoms with Gasteiger partial charge in [0, 0.05) is 0 Å². The number of benzene rings is 1. The molecule has 0 aliphatic rings. The summed E-state index contributed by atoms with van der Waals surface area (Å²) >= 11 is 0. The van der Waals surface area contributed by atoms with Gasteiger partial charge in [-0.2, -0.15) is 4.39 Å². The van der Waals surface area contributed by atoms with Crippen LogP contribution in [0.15, 0.2) is 18.2 Å². The second-order valence-electron chi connectivity index (χ2n) is 1.67. The predicted octanol–water partition coefficient (Wildman–Crippen LogP) is 1.43. The zero-order chi connectivity index (χ0) is 7.56. The van der Waals surface area contributed by atoms with Crippen LogP contribution in [0.25, 0.3) is 0 Å². The Hall–Kier alpha value is -1.06. The van der Waals surface area contributed by atoms with Crippen LogP contribution in [0.4, 0.5) is 8.78 Å². The van der Waals surface area contributed by atoms with Crippen molar-refractivity contribution in [1.82, 2.24) is 0 Å². The Bertz CT molecular complexity index is 239. The van der Waals surface area contributed by atoms with Crippen LogP contribution in [0, 0.1) is 11.6 Å². The fourth-order valence-electron chi connectivity index (χ4n) is 0.575. The van der Waals surface area contributed by atoms with Crippen molar-refractivity contribution in [3.63, 3.8) is 0 Å². The molecule has 0 saturated carbocycles. The van der Waals surface area contributed by atoms with Gasteiger partial charge in [0.25, 0.3) is 0 Å². The maximum Gasteiger partial charge on any atom is 0.374 e. The van der Waals surface area contributed by atoms with Crippen molar-refractivity contribution in [2.24, 2.45) is 0 Å². The molecule has 0 aliphatic heterocycles. The Morgan fingerprint density at radius 3 is 2.50 bits per heavy atom. The molecule has 50 valence electrons. The fourth-order valence-corrected chi connectivity index (χ4v) is 0.575. The van der Waals surface area contributed by atoms with Crippen LogP contribution in [-0.4, -0.2) is 8.05 Å². The van der Waals surface area contributed by atoms with Gasteiger partial charge < -0.3 is 4.65 Å². The van der Waals surface area contributed by atoms with Gasteiger partial charge in [0.05, 0.1) is 0 Å². The highest BCUT2D eigenvalue weighted by molar-refractivity contribution is 5.99. The maximum atomic E-state index is 12.4. The summed E-state index contributed by atoms with van der Waals surface area (Å²) in [6, 6.07) is 3.52. The highest BCUT2D eigenvalue weighted by atomic mass is 19.2. The zero-order valence-electron chi connectivity index (χ0n) is 4.97. The van der Waals surface area contributed by atoms with E-state index in [2.05, 4.69) is 12.7 Å². The molecule has 0 N–H and O–H groups in total. The molecule has 1 aromatic rings. The van der Waals surface area contributed by atoms with Crippen LogP contribution in [0.2, 0.25) is 0 Å². The molecule has 1 rings (SSSR count). The first-order valence-electron chi connectivity index (χ1n) is 2.56. The van der Waals surface area contributed by atoms with Crippen molar-refractivity contribution in [3.8, 4) is 5.75 Å². The van der Waals surface area contributed by atoms with E-state index in [-0.39, 0.29) is 5.75 Å². The minimum atomic E-state index is -1.06. The van der Waals surface area contributed by atoms with Crippen molar-refractivity contribution >= 4 is 8.05 Å². The van der Waals surface area contributed by atoms with E-state index in [9.17, 15) is 8.78 Å². The summed E-state index contributed by atoms with van der Waals surface area (Å²) in [6.45, 7) is 0. The quantitative estimate of drug-likeness (QED) is 0.536. The molecule has 1 aromatic carbocycles. The van der Waals surface area contributed by atoms with E-state index in [1.54, 1.807) is 0 Å². The summed E-state index contributed by atoms with van der Waals surface area (Å²) in [7, 11) is 4.61. The molecule has 0 saturated heterocycles. The minimum absolute atomic E-state index is 0.292. The minimum Gasteiger partial charge on any atom is -0.566 e. The average molecular weight is 140 g/mol. The Kier molecular flexibility index (Phi) is 1.90. The SMILES string of the molecule is [B]Oc1cccc(F)c1F. The molecule has 2 radical (unpaired) electrons. The molecule has 0 bridgehead atoms. The lowest BCUT2D eigenvalue weighted by Gasteiger charge is -2.00. The van der Waals surface area contributed by atoms with Crippen molar-refractivity contribution in [2.75, 3.05) is 0 Å². The topological polar surface area (TPSA) is 9.23 Å². The van der Waals surface area contributed by atoms with Gasteiger partial charge in [0.1, 0.15) is 5.75 Å². The van der Waals surface area contributed by atoms with Crippen molar-refractivity contribution in [1.29, 1.82) is 0 Å². The Morgan fingerprint density at radius 1 is 1.30 bits per heavy atom. The van der Waals surface area contributed by atoms with E-state index in [1.807, 2.05) is 0 Å². The highest BCUT2D eigenvalue weighted by Crippen LogP contribution is 2.17. The molecule has 0 aromatic heterocycles. The summed E-state index contributed by atoms with van der Waals surface area (Å²) < 4.78 is 28.7. The molecule has 0 atom stereocenters. The third kappa shape index (κ3) is 1.10. The van der Waals surface area contributed by atoms with Gasteiger partial charge in [-0.05, 0) is 12.1 Å². The van der Waals surface area contributed by atoms with E-state index in [0.29, 0.717) is 0 Å². The number of rotatable bonds is 1. The second kappa shape index (κ2) is 2.69. The molecular formula is C6H3BF2O. The van der Waals surface area contributed by atoms with Gasteiger partial charge in [-0.3, -0.25) is 0 Å². The molecule has 10 heavy (non-hydrogen) atoms. The number of halogens is 2. The lowest BCUT2D eigenvalue weighted by atomic mass is 10.3. The molecule has 0 fully saturated rings. The Labute approximate surface area is 58.1 Å². The van der Waals surface area contributed by atoms with Crippen LogP contribution in [-0.2, 0) is 0 Å². The normalized spacial score (nSPS) is 9.40. The van der Waals surface area contributed by atoms with E-state index < -0.39 is 11.6 Å². The Morgan fingerprint density at radius 2 is 2.00 bits per heavy atom. The molecule has 4 heteroatoms. The summed E-state index contributed by atoms with van der Waals surface area (Å²) in [4.78, 5) is 0. The van der Waals surface area contributed by atoms with Gasteiger partial charge in [-0.1, -0.05) is 6.07 Å². The summed E-state index contributed by atoms with van der Waals surface area (Å²) in [6.07, 6.45) is 0. The molecule has 0 amide bonds.